The van der Waals surface area contributed by atoms with Gasteiger partial charge in [0.05, 0.1) is 22.7 Å². The monoisotopic (exact) mass is 365 g/mol. The Hall–Kier alpha value is -3.55. The van der Waals surface area contributed by atoms with Crippen molar-refractivity contribution in [3.63, 3.8) is 0 Å². The Balaban J connectivity index is 1.91. The van der Waals surface area contributed by atoms with Crippen LogP contribution in [0.5, 0.6) is 0 Å². The highest BCUT2D eigenvalue weighted by Gasteiger charge is 2.14. The standard InChI is InChI=1S/C19H19N5O3/c1-2-4-18-17(13-21-12-14-5-3-10-20-11-14)19(25)23(22-18)15-6-8-16(9-7-15)24(26)27/h3,5-11,13,22H,2,4,12H2,1H3. The van der Waals surface area contributed by atoms with Crippen molar-refractivity contribution < 1.29 is 4.92 Å². The quantitative estimate of drug-likeness (QED) is 0.394. The van der Waals surface area contributed by atoms with Crippen molar-refractivity contribution in [2.24, 2.45) is 4.99 Å². The van der Waals surface area contributed by atoms with Crippen LogP contribution < -0.4 is 5.56 Å². The lowest BCUT2D eigenvalue weighted by Crippen LogP contribution is -2.17. The Bertz CT molecular complexity index is 1000. The summed E-state index contributed by atoms with van der Waals surface area (Å²) in [5.41, 5.74) is 2.52. The molecule has 0 unspecified atom stereocenters. The summed E-state index contributed by atoms with van der Waals surface area (Å²) in [6.07, 6.45) is 6.57. The molecule has 0 fully saturated rings. The first-order chi connectivity index (χ1) is 13.1. The van der Waals surface area contributed by atoms with E-state index in [1.54, 1.807) is 30.7 Å². The smallest absolute Gasteiger partial charge is 0.280 e. The van der Waals surface area contributed by atoms with E-state index >= 15 is 0 Å². The third kappa shape index (κ3) is 4.17. The number of hydrogen-bond donors (Lipinski definition) is 1. The third-order valence-electron chi connectivity index (χ3n) is 4.04. The van der Waals surface area contributed by atoms with Gasteiger partial charge in [0.1, 0.15) is 0 Å². The molecule has 0 aliphatic rings. The number of nitro groups is 1. The molecule has 0 spiro atoms. The fraction of sp³-hybridized carbons (Fsp3) is 0.211. The number of aryl methyl sites for hydroxylation is 1. The molecule has 0 atom stereocenters. The van der Waals surface area contributed by atoms with Crippen molar-refractivity contribution in [3.05, 3.63) is 86.1 Å². The average molecular weight is 365 g/mol. The van der Waals surface area contributed by atoms with Crippen molar-refractivity contribution in [2.45, 2.75) is 26.3 Å². The van der Waals surface area contributed by atoms with Crippen molar-refractivity contribution in [3.8, 4) is 5.69 Å². The second-order valence-corrected chi connectivity index (χ2v) is 6.00. The van der Waals surface area contributed by atoms with E-state index in [-0.39, 0.29) is 11.2 Å². The molecule has 0 saturated carbocycles. The third-order valence-corrected chi connectivity index (χ3v) is 4.04. The van der Waals surface area contributed by atoms with E-state index in [1.807, 2.05) is 19.1 Å². The summed E-state index contributed by atoms with van der Waals surface area (Å²) >= 11 is 0. The molecule has 0 amide bonds. The van der Waals surface area contributed by atoms with E-state index in [1.165, 1.54) is 16.8 Å². The first-order valence-corrected chi connectivity index (χ1v) is 8.57. The summed E-state index contributed by atoms with van der Waals surface area (Å²) in [7, 11) is 0. The highest BCUT2D eigenvalue weighted by molar-refractivity contribution is 5.80. The molecule has 0 saturated heterocycles. The Morgan fingerprint density at radius 1 is 1.30 bits per heavy atom. The number of aliphatic imine (C=N–C) groups is 1. The number of aromatic amines is 1. The molecule has 3 rings (SSSR count). The maximum absolute atomic E-state index is 12.8. The zero-order valence-corrected chi connectivity index (χ0v) is 14.8. The minimum atomic E-state index is -0.472. The van der Waals surface area contributed by atoms with Gasteiger partial charge in [0, 0.05) is 36.4 Å². The highest BCUT2D eigenvalue weighted by atomic mass is 16.6. The van der Waals surface area contributed by atoms with Gasteiger partial charge in [0.25, 0.3) is 11.2 Å². The highest BCUT2D eigenvalue weighted by Crippen LogP contribution is 2.15. The van der Waals surface area contributed by atoms with Crippen LogP contribution in [0.25, 0.3) is 5.69 Å². The molecule has 0 aliphatic heterocycles. The summed E-state index contributed by atoms with van der Waals surface area (Å²) in [4.78, 5) is 31.6. The Labute approximate surface area is 155 Å². The number of rotatable bonds is 7. The molecule has 2 aromatic heterocycles. The van der Waals surface area contributed by atoms with Crippen LogP contribution >= 0.6 is 0 Å². The van der Waals surface area contributed by atoms with Crippen molar-refractivity contribution in [1.29, 1.82) is 0 Å². The van der Waals surface area contributed by atoms with E-state index in [0.717, 1.165) is 17.7 Å². The van der Waals surface area contributed by atoms with Gasteiger partial charge in [-0.05, 0) is 30.2 Å². The van der Waals surface area contributed by atoms with E-state index < -0.39 is 4.92 Å². The fourth-order valence-electron chi connectivity index (χ4n) is 2.71. The molecular weight excluding hydrogens is 346 g/mol. The van der Waals surface area contributed by atoms with E-state index in [9.17, 15) is 14.9 Å². The number of benzene rings is 1. The maximum atomic E-state index is 12.8. The Morgan fingerprint density at radius 2 is 2.07 bits per heavy atom. The first kappa shape index (κ1) is 18.2. The zero-order valence-electron chi connectivity index (χ0n) is 14.8. The van der Waals surface area contributed by atoms with Crippen LogP contribution in [0.3, 0.4) is 0 Å². The number of hydrogen-bond acceptors (Lipinski definition) is 5. The lowest BCUT2D eigenvalue weighted by molar-refractivity contribution is -0.384. The normalized spacial score (nSPS) is 11.1. The molecule has 1 aromatic carbocycles. The van der Waals surface area contributed by atoms with Gasteiger partial charge < -0.3 is 0 Å². The zero-order chi connectivity index (χ0) is 19.2. The molecule has 3 aromatic rings. The number of H-pyrrole nitrogens is 1. The number of pyridine rings is 1. The lowest BCUT2D eigenvalue weighted by Gasteiger charge is -2.01. The summed E-state index contributed by atoms with van der Waals surface area (Å²) < 4.78 is 1.39. The second-order valence-electron chi connectivity index (χ2n) is 6.00. The predicted molar refractivity (Wildman–Crippen MR) is 103 cm³/mol. The van der Waals surface area contributed by atoms with Gasteiger partial charge in [0.2, 0.25) is 0 Å². The minimum absolute atomic E-state index is 0.0228. The molecule has 27 heavy (non-hydrogen) atoms. The van der Waals surface area contributed by atoms with Crippen LogP contribution in [0.4, 0.5) is 5.69 Å². The molecule has 138 valence electrons. The van der Waals surface area contributed by atoms with E-state index in [0.29, 0.717) is 24.2 Å². The van der Waals surface area contributed by atoms with E-state index in [2.05, 4.69) is 15.1 Å². The first-order valence-electron chi connectivity index (χ1n) is 8.57. The van der Waals surface area contributed by atoms with Crippen LogP contribution in [-0.4, -0.2) is 25.9 Å². The van der Waals surface area contributed by atoms with Gasteiger partial charge in [-0.2, -0.15) is 0 Å². The van der Waals surface area contributed by atoms with Crippen molar-refractivity contribution in [2.75, 3.05) is 0 Å². The minimum Gasteiger partial charge on any atom is -0.294 e. The van der Waals surface area contributed by atoms with Crippen molar-refractivity contribution >= 4 is 11.9 Å². The van der Waals surface area contributed by atoms with Crippen LogP contribution in [0, 0.1) is 10.1 Å². The summed E-state index contributed by atoms with van der Waals surface area (Å²) in [5.74, 6) is 0. The van der Waals surface area contributed by atoms with Gasteiger partial charge in [-0.3, -0.25) is 30.0 Å². The molecule has 1 N–H and O–H groups in total. The summed E-state index contributed by atoms with van der Waals surface area (Å²) in [6, 6.07) is 9.59. The molecule has 0 radical (unpaired) electrons. The molecule has 8 nitrogen and oxygen atoms in total. The topological polar surface area (TPSA) is 106 Å². The largest absolute Gasteiger partial charge is 0.294 e. The fourth-order valence-corrected chi connectivity index (χ4v) is 2.71. The van der Waals surface area contributed by atoms with E-state index in [4.69, 9.17) is 0 Å². The van der Waals surface area contributed by atoms with Gasteiger partial charge in [-0.1, -0.05) is 19.4 Å². The number of non-ortho nitro benzene ring substituents is 1. The van der Waals surface area contributed by atoms with Gasteiger partial charge in [-0.25, -0.2) is 4.68 Å². The van der Waals surface area contributed by atoms with Crippen LogP contribution in [-0.2, 0) is 13.0 Å². The summed E-state index contributed by atoms with van der Waals surface area (Å²) in [5, 5.41) is 13.9. The maximum Gasteiger partial charge on any atom is 0.280 e. The van der Waals surface area contributed by atoms with Crippen LogP contribution in [0.15, 0.2) is 58.6 Å². The number of nitrogens with one attached hydrogen (secondary N) is 1. The average Bonchev–Trinajstić information content (AvgIpc) is 2.99. The molecule has 2 heterocycles. The molecular formula is C19H19N5O3. The number of nitro benzene ring substituents is 1. The molecule has 8 heteroatoms. The van der Waals surface area contributed by atoms with Crippen molar-refractivity contribution in [1.82, 2.24) is 14.8 Å². The Kier molecular flexibility index (Phi) is 5.55. The summed E-state index contributed by atoms with van der Waals surface area (Å²) in [6.45, 7) is 2.46. The lowest BCUT2D eigenvalue weighted by atomic mass is 10.2. The van der Waals surface area contributed by atoms with Crippen LogP contribution in [0.1, 0.15) is 30.2 Å². The number of nitrogens with zero attached hydrogens (tertiary/aromatic N) is 4. The van der Waals surface area contributed by atoms with Gasteiger partial charge in [0.15, 0.2) is 0 Å². The van der Waals surface area contributed by atoms with Gasteiger partial charge in [-0.15, -0.1) is 0 Å². The van der Waals surface area contributed by atoms with Gasteiger partial charge >= 0.3 is 0 Å². The predicted octanol–water partition coefficient (Wildman–Crippen LogP) is 3.04. The van der Waals surface area contributed by atoms with Crippen LogP contribution in [0.2, 0.25) is 0 Å². The second kappa shape index (κ2) is 8.22. The molecule has 0 aliphatic carbocycles. The SMILES string of the molecule is CCCc1[nH]n(-c2ccc([N+](=O)[O-])cc2)c(=O)c1C=NCc1cccnc1. The Morgan fingerprint density at radius 3 is 2.70 bits per heavy atom. The number of aromatic nitrogens is 3. The molecule has 0 bridgehead atoms.